The van der Waals surface area contributed by atoms with E-state index in [-0.39, 0.29) is 29.9 Å². The second-order valence-electron chi connectivity index (χ2n) is 6.52. The smallest absolute Gasteiger partial charge is 0.126 e. The number of halogens is 3. The molecule has 1 aliphatic rings. The second-order valence-corrected chi connectivity index (χ2v) is 6.52. The molecule has 4 rings (SSSR count). The summed E-state index contributed by atoms with van der Waals surface area (Å²) < 4.78 is 41.5. The van der Waals surface area contributed by atoms with Gasteiger partial charge in [0.1, 0.15) is 29.3 Å². The first-order chi connectivity index (χ1) is 13.1. The Morgan fingerprint density at radius 3 is 2.15 bits per heavy atom. The highest BCUT2D eigenvalue weighted by atomic mass is 19.1. The van der Waals surface area contributed by atoms with Crippen LogP contribution in [0.1, 0.15) is 28.8 Å². The third kappa shape index (κ3) is 3.72. The minimum atomic E-state index is -0.427. The van der Waals surface area contributed by atoms with Crippen LogP contribution < -0.4 is 5.32 Å². The van der Waals surface area contributed by atoms with Crippen LogP contribution in [0.4, 0.5) is 13.2 Å². The largest absolute Gasteiger partial charge is 0.364 e. The van der Waals surface area contributed by atoms with Crippen molar-refractivity contribution in [1.29, 1.82) is 0 Å². The Kier molecular flexibility index (Phi) is 4.67. The van der Waals surface area contributed by atoms with Gasteiger partial charge in [0.15, 0.2) is 0 Å². The fourth-order valence-electron chi connectivity index (χ4n) is 3.38. The summed E-state index contributed by atoms with van der Waals surface area (Å²) in [5.41, 5.74) is 1.90. The van der Waals surface area contributed by atoms with Crippen molar-refractivity contribution >= 4 is 5.84 Å². The fourth-order valence-corrected chi connectivity index (χ4v) is 3.38. The van der Waals surface area contributed by atoms with E-state index in [1.54, 1.807) is 42.5 Å². The minimum Gasteiger partial charge on any atom is -0.364 e. The van der Waals surface area contributed by atoms with E-state index in [1.807, 2.05) is 0 Å². The molecule has 2 atom stereocenters. The summed E-state index contributed by atoms with van der Waals surface area (Å²) in [6.07, 6.45) is 0.282. The predicted octanol–water partition coefficient (Wildman–Crippen LogP) is 5.13. The number of nitrogens with zero attached hydrogens (tertiary/aromatic N) is 1. The molecule has 136 valence electrons. The third-order valence-corrected chi connectivity index (χ3v) is 4.65. The molecule has 3 aromatic carbocycles. The zero-order valence-electron chi connectivity index (χ0n) is 14.4. The summed E-state index contributed by atoms with van der Waals surface area (Å²) >= 11 is 0. The molecule has 0 fully saturated rings. The Hall–Kier alpha value is -3.08. The molecule has 27 heavy (non-hydrogen) atoms. The van der Waals surface area contributed by atoms with Crippen molar-refractivity contribution in [2.24, 2.45) is 4.99 Å². The summed E-state index contributed by atoms with van der Waals surface area (Å²) in [5.74, 6) is -0.430. The zero-order chi connectivity index (χ0) is 18.8. The van der Waals surface area contributed by atoms with E-state index in [2.05, 4.69) is 10.3 Å². The van der Waals surface area contributed by atoms with E-state index >= 15 is 0 Å². The molecule has 1 N–H and O–H groups in total. The van der Waals surface area contributed by atoms with Crippen molar-refractivity contribution < 1.29 is 13.2 Å². The molecular formula is C22H17F3N2. The first kappa shape index (κ1) is 17.3. The summed E-state index contributed by atoms with van der Waals surface area (Å²) in [4.78, 5) is 4.67. The average molecular weight is 366 g/mol. The molecule has 0 aromatic heterocycles. The molecule has 2 nitrogen and oxygen atoms in total. The van der Waals surface area contributed by atoms with Gasteiger partial charge in [-0.3, -0.25) is 4.99 Å². The van der Waals surface area contributed by atoms with Crippen LogP contribution in [-0.4, -0.2) is 5.84 Å². The number of hydrogen-bond donors (Lipinski definition) is 1. The third-order valence-electron chi connectivity index (χ3n) is 4.65. The Morgan fingerprint density at radius 2 is 1.44 bits per heavy atom. The van der Waals surface area contributed by atoms with Crippen LogP contribution in [0.15, 0.2) is 77.8 Å². The summed E-state index contributed by atoms with van der Waals surface area (Å²) in [6, 6.07) is 18.2. The van der Waals surface area contributed by atoms with Gasteiger partial charge in [-0.2, -0.15) is 0 Å². The fraction of sp³-hybridized carbons (Fsp3) is 0.136. The van der Waals surface area contributed by atoms with Gasteiger partial charge in [-0.25, -0.2) is 13.2 Å². The number of rotatable bonds is 4. The zero-order valence-corrected chi connectivity index (χ0v) is 14.4. The first-order valence-electron chi connectivity index (χ1n) is 8.68. The molecule has 2 unspecified atom stereocenters. The summed E-state index contributed by atoms with van der Waals surface area (Å²) in [5, 5.41) is 3.27. The van der Waals surface area contributed by atoms with Gasteiger partial charge in [-0.15, -0.1) is 0 Å². The molecule has 0 radical (unpaired) electrons. The van der Waals surface area contributed by atoms with Crippen molar-refractivity contribution in [1.82, 2.24) is 5.32 Å². The van der Waals surface area contributed by atoms with Gasteiger partial charge >= 0.3 is 0 Å². The van der Waals surface area contributed by atoms with Crippen LogP contribution in [-0.2, 0) is 6.42 Å². The van der Waals surface area contributed by atoms with Gasteiger partial charge in [0.25, 0.3) is 0 Å². The van der Waals surface area contributed by atoms with Crippen molar-refractivity contribution in [3.63, 3.8) is 0 Å². The van der Waals surface area contributed by atoms with E-state index in [4.69, 9.17) is 0 Å². The predicted molar refractivity (Wildman–Crippen MR) is 99.0 cm³/mol. The molecule has 0 saturated heterocycles. The maximum Gasteiger partial charge on any atom is 0.126 e. The second kappa shape index (κ2) is 7.27. The van der Waals surface area contributed by atoms with Crippen LogP contribution in [0.25, 0.3) is 0 Å². The highest BCUT2D eigenvalue weighted by molar-refractivity contribution is 5.87. The Morgan fingerprint density at radius 1 is 0.778 bits per heavy atom. The Bertz CT molecular complexity index is 1000. The normalized spacial score (nSPS) is 18.9. The number of aliphatic imine (C=N–C) groups is 1. The minimum absolute atomic E-state index is 0.282. The Labute approximate surface area is 155 Å². The molecule has 0 spiro atoms. The van der Waals surface area contributed by atoms with E-state index in [0.717, 1.165) is 0 Å². The molecule has 3 aromatic rings. The van der Waals surface area contributed by atoms with Crippen LogP contribution in [0, 0.1) is 17.5 Å². The first-order valence-corrected chi connectivity index (χ1v) is 8.68. The van der Waals surface area contributed by atoms with Gasteiger partial charge < -0.3 is 5.32 Å². The highest BCUT2D eigenvalue weighted by Gasteiger charge is 2.31. The lowest BCUT2D eigenvalue weighted by molar-refractivity contribution is 0.555. The Balaban J connectivity index is 1.70. The highest BCUT2D eigenvalue weighted by Crippen LogP contribution is 2.37. The SMILES string of the molecule is Fc1cccc(C2N=C(Cc3ccccc3F)NC2c2cccc(F)c2)c1. The van der Waals surface area contributed by atoms with E-state index in [1.165, 1.54) is 30.3 Å². The van der Waals surface area contributed by atoms with Gasteiger partial charge in [-0.05, 0) is 47.0 Å². The average Bonchev–Trinajstić information content (AvgIpc) is 3.08. The van der Waals surface area contributed by atoms with Crippen molar-refractivity contribution in [3.05, 3.63) is 107 Å². The molecule has 0 amide bonds. The number of amidine groups is 1. The molecule has 1 aliphatic heterocycles. The van der Waals surface area contributed by atoms with Gasteiger partial charge in [0, 0.05) is 6.42 Å². The lowest BCUT2D eigenvalue weighted by Gasteiger charge is -2.20. The van der Waals surface area contributed by atoms with Gasteiger partial charge in [0.05, 0.1) is 6.04 Å². The van der Waals surface area contributed by atoms with Crippen molar-refractivity contribution in [3.8, 4) is 0 Å². The van der Waals surface area contributed by atoms with Crippen LogP contribution in [0.5, 0.6) is 0 Å². The van der Waals surface area contributed by atoms with Crippen LogP contribution in [0.2, 0.25) is 0 Å². The van der Waals surface area contributed by atoms with Crippen molar-refractivity contribution in [2.75, 3.05) is 0 Å². The molecule has 0 bridgehead atoms. The molecule has 5 heteroatoms. The topological polar surface area (TPSA) is 24.4 Å². The van der Waals surface area contributed by atoms with Gasteiger partial charge in [0.2, 0.25) is 0 Å². The number of nitrogens with one attached hydrogen (secondary N) is 1. The standard InChI is InChI=1S/C22H17F3N2/c23-17-8-3-6-15(11-17)21-22(16-7-4-9-18(24)12-16)27-20(26-21)13-14-5-1-2-10-19(14)25/h1-12,21-22H,13H2,(H,26,27). The molecule has 1 heterocycles. The molecule has 0 aliphatic carbocycles. The number of hydrogen-bond acceptors (Lipinski definition) is 2. The summed E-state index contributed by atoms with van der Waals surface area (Å²) in [7, 11) is 0. The lowest BCUT2D eigenvalue weighted by atomic mass is 9.95. The number of benzene rings is 3. The summed E-state index contributed by atoms with van der Waals surface area (Å²) in [6.45, 7) is 0. The van der Waals surface area contributed by atoms with Crippen LogP contribution in [0.3, 0.4) is 0 Å². The van der Waals surface area contributed by atoms with Crippen LogP contribution >= 0.6 is 0 Å². The van der Waals surface area contributed by atoms with E-state index in [9.17, 15) is 13.2 Å². The molecule has 0 saturated carbocycles. The van der Waals surface area contributed by atoms with Gasteiger partial charge in [-0.1, -0.05) is 42.5 Å². The van der Waals surface area contributed by atoms with E-state index in [0.29, 0.717) is 22.5 Å². The maximum atomic E-state index is 14.0. The van der Waals surface area contributed by atoms with Crippen molar-refractivity contribution in [2.45, 2.75) is 18.5 Å². The van der Waals surface area contributed by atoms with E-state index < -0.39 is 6.04 Å². The lowest BCUT2D eigenvalue weighted by Crippen LogP contribution is -2.26. The monoisotopic (exact) mass is 366 g/mol. The molecular weight excluding hydrogens is 349 g/mol. The maximum absolute atomic E-state index is 14.0. The quantitative estimate of drug-likeness (QED) is 0.680.